The molecule has 2 aromatic heterocycles. The quantitative estimate of drug-likeness (QED) is 0.121. The first-order valence-corrected chi connectivity index (χ1v) is 16.0. The van der Waals surface area contributed by atoms with Gasteiger partial charge in [0.1, 0.15) is 11.3 Å². The summed E-state index contributed by atoms with van der Waals surface area (Å²) >= 11 is 3.63. The number of hydrogen-bond acceptors (Lipinski definition) is 5. The third-order valence-corrected chi connectivity index (χ3v) is 8.37. The Kier molecular flexibility index (Phi) is 8.07. The Morgan fingerprint density at radius 3 is 2.48 bits per heavy atom. The van der Waals surface area contributed by atoms with Crippen molar-refractivity contribution < 1.29 is 13.6 Å². The van der Waals surface area contributed by atoms with E-state index in [0.717, 1.165) is 16.5 Å². The summed E-state index contributed by atoms with van der Waals surface area (Å²) < 4.78 is 28.4. The van der Waals surface area contributed by atoms with Gasteiger partial charge in [-0.05, 0) is 70.7 Å². The lowest BCUT2D eigenvalue weighted by Gasteiger charge is -2.14. The van der Waals surface area contributed by atoms with Crippen molar-refractivity contribution in [1.82, 2.24) is 14.3 Å². The predicted molar refractivity (Wildman–Crippen MR) is 142 cm³/mol. The predicted octanol–water partition coefficient (Wildman–Crippen LogP) is 7.49. The topological polar surface area (TPSA) is 71.8 Å². The number of carbonyl (C=O) groups is 1. The first-order valence-electron chi connectivity index (χ1n) is 10.7. The SMILES string of the molecule is CC1CC1.CSc1cc(C2CC2)ccc1Nc1cc(NC=O)nc2c1nc(C(F)F)n2PI. The number of nitrogens with zero attached hydrogens (tertiary/aromatic N) is 3. The van der Waals surface area contributed by atoms with Gasteiger partial charge in [0, 0.05) is 11.0 Å². The zero-order valence-electron chi connectivity index (χ0n) is 18.2. The van der Waals surface area contributed by atoms with Crippen LogP contribution in [0.5, 0.6) is 0 Å². The minimum atomic E-state index is -2.72. The van der Waals surface area contributed by atoms with Gasteiger partial charge in [0.25, 0.3) is 6.43 Å². The molecule has 0 aliphatic heterocycles. The first kappa shape index (κ1) is 24.6. The van der Waals surface area contributed by atoms with E-state index >= 15 is 0 Å². The van der Waals surface area contributed by atoms with Crippen molar-refractivity contribution in [3.05, 3.63) is 35.7 Å². The number of alkyl halides is 2. The molecule has 1 atom stereocenters. The Hall–Kier alpha value is -1.52. The van der Waals surface area contributed by atoms with Gasteiger partial charge in [0.05, 0.1) is 17.7 Å². The van der Waals surface area contributed by atoms with Gasteiger partial charge < -0.3 is 10.6 Å². The summed E-state index contributed by atoms with van der Waals surface area (Å²) in [4.78, 5) is 20.5. The highest BCUT2D eigenvalue weighted by atomic mass is 127. The van der Waals surface area contributed by atoms with Gasteiger partial charge >= 0.3 is 0 Å². The fourth-order valence-corrected chi connectivity index (χ4v) is 5.81. The number of benzene rings is 1. The van der Waals surface area contributed by atoms with Gasteiger partial charge in [0.2, 0.25) is 6.41 Å². The summed E-state index contributed by atoms with van der Waals surface area (Å²) in [6, 6.07) is 7.88. The van der Waals surface area contributed by atoms with E-state index < -0.39 is 6.43 Å². The number of rotatable bonds is 8. The standard InChI is InChI=1S/C18H17F2IN5OPS.C4H8/c1-29-13-6-10(9-2-3-9)4-5-11(13)23-12-7-14(22-8-27)24-17-15(12)25-18(16(19)20)26(17)28-21;1-4-2-3-4/h4-9,16,28H,2-3H2,1H3,(H2,22,23,24,27);4H,2-3H2,1H3. The molecule has 5 rings (SSSR count). The summed E-state index contributed by atoms with van der Waals surface area (Å²) in [5.74, 6) is 1.66. The molecule has 1 unspecified atom stereocenters. The minimum Gasteiger partial charge on any atom is -0.353 e. The van der Waals surface area contributed by atoms with E-state index in [1.165, 1.54) is 35.6 Å². The zero-order valence-corrected chi connectivity index (χ0v) is 22.2. The largest absolute Gasteiger partial charge is 0.353 e. The normalized spacial score (nSPS) is 15.7. The summed E-state index contributed by atoms with van der Waals surface area (Å²) in [6.45, 7) is 2.28. The van der Waals surface area contributed by atoms with Crippen LogP contribution in [-0.2, 0) is 4.79 Å². The molecule has 3 aromatic rings. The molecule has 0 bridgehead atoms. The van der Waals surface area contributed by atoms with E-state index in [-0.39, 0.29) is 18.0 Å². The molecule has 2 N–H and O–H groups in total. The summed E-state index contributed by atoms with van der Waals surface area (Å²) in [5.41, 5.74) is 3.35. The van der Waals surface area contributed by atoms with Crippen LogP contribution in [0.1, 0.15) is 56.3 Å². The van der Waals surface area contributed by atoms with Crippen molar-refractivity contribution in [3.63, 3.8) is 0 Å². The lowest BCUT2D eigenvalue weighted by molar-refractivity contribution is -0.105. The highest BCUT2D eigenvalue weighted by Crippen LogP contribution is 2.43. The lowest BCUT2D eigenvalue weighted by atomic mass is 10.1. The highest BCUT2D eigenvalue weighted by Gasteiger charge is 2.25. The van der Waals surface area contributed by atoms with E-state index in [1.54, 1.807) is 17.8 Å². The van der Waals surface area contributed by atoms with E-state index in [0.29, 0.717) is 29.2 Å². The molecule has 2 fully saturated rings. The molecule has 1 amide bonds. The third-order valence-electron chi connectivity index (χ3n) is 5.54. The van der Waals surface area contributed by atoms with Crippen LogP contribution in [0.25, 0.3) is 11.2 Å². The third kappa shape index (κ3) is 5.95. The number of nitrogens with one attached hydrogen (secondary N) is 2. The molecule has 0 spiro atoms. The number of carbonyl (C=O) groups excluding carboxylic acids is 1. The van der Waals surface area contributed by atoms with Gasteiger partial charge in [-0.25, -0.2) is 18.7 Å². The van der Waals surface area contributed by atoms with Crippen LogP contribution in [0.4, 0.5) is 26.0 Å². The minimum absolute atomic E-state index is 0.00374. The van der Waals surface area contributed by atoms with E-state index in [4.69, 9.17) is 0 Å². The van der Waals surface area contributed by atoms with Crippen molar-refractivity contribution in [2.75, 3.05) is 16.9 Å². The second kappa shape index (κ2) is 10.8. The number of aromatic nitrogens is 3. The number of amides is 1. The van der Waals surface area contributed by atoms with Crippen molar-refractivity contribution >= 4 is 74.9 Å². The second-order valence-electron chi connectivity index (χ2n) is 8.22. The number of halogens is 3. The molecule has 33 heavy (non-hydrogen) atoms. The molecule has 2 heterocycles. The number of thioether (sulfide) groups is 1. The Labute approximate surface area is 210 Å². The molecular formula is C22H25F2IN5OPS. The molecule has 176 valence electrons. The Morgan fingerprint density at radius 1 is 1.21 bits per heavy atom. The molecule has 2 saturated carbocycles. The molecule has 2 aliphatic rings. The average molecular weight is 603 g/mol. The van der Waals surface area contributed by atoms with Crippen molar-refractivity contribution in [3.8, 4) is 0 Å². The van der Waals surface area contributed by atoms with Crippen LogP contribution < -0.4 is 10.6 Å². The number of fused-ring (bicyclic) bond motifs is 1. The summed E-state index contributed by atoms with van der Waals surface area (Å²) in [5, 5.41) is 5.83. The van der Waals surface area contributed by atoms with Crippen molar-refractivity contribution in [2.45, 2.75) is 49.8 Å². The van der Waals surface area contributed by atoms with Gasteiger partial charge in [-0.1, -0.05) is 25.8 Å². The van der Waals surface area contributed by atoms with Gasteiger partial charge in [-0.15, -0.1) is 11.8 Å². The second-order valence-corrected chi connectivity index (χ2v) is 11.1. The van der Waals surface area contributed by atoms with Gasteiger partial charge in [-0.2, -0.15) is 0 Å². The Balaban J connectivity index is 0.000000586. The first-order chi connectivity index (χ1) is 15.9. The van der Waals surface area contributed by atoms with Crippen molar-refractivity contribution in [1.29, 1.82) is 0 Å². The number of anilines is 3. The van der Waals surface area contributed by atoms with E-state index in [1.807, 2.05) is 34.4 Å². The summed E-state index contributed by atoms with van der Waals surface area (Å²) in [6.07, 6.45) is 5.20. The molecular weight excluding hydrogens is 578 g/mol. The molecule has 0 radical (unpaired) electrons. The maximum atomic E-state index is 13.5. The van der Waals surface area contributed by atoms with Gasteiger partial charge in [-0.3, -0.25) is 9.13 Å². The lowest BCUT2D eigenvalue weighted by Crippen LogP contribution is -2.01. The van der Waals surface area contributed by atoms with Crippen LogP contribution >= 0.6 is 40.2 Å². The smallest absolute Gasteiger partial charge is 0.295 e. The fraction of sp³-hybridized carbons (Fsp3) is 0.409. The van der Waals surface area contributed by atoms with E-state index in [2.05, 4.69) is 39.7 Å². The number of imidazole rings is 1. The molecule has 6 nitrogen and oxygen atoms in total. The zero-order chi connectivity index (χ0) is 23.5. The van der Waals surface area contributed by atoms with Crippen LogP contribution in [0.3, 0.4) is 0 Å². The van der Waals surface area contributed by atoms with Crippen LogP contribution in [-0.4, -0.2) is 27.0 Å². The highest BCUT2D eigenvalue weighted by molar-refractivity contribution is 14.2. The fourth-order valence-electron chi connectivity index (χ4n) is 3.32. The Morgan fingerprint density at radius 2 is 1.94 bits per heavy atom. The monoisotopic (exact) mass is 603 g/mol. The molecule has 2 aliphatic carbocycles. The molecule has 11 heteroatoms. The maximum absolute atomic E-state index is 13.5. The number of pyridine rings is 1. The average Bonchev–Trinajstić information content (AvgIpc) is 3.74. The molecule has 1 aromatic carbocycles. The van der Waals surface area contributed by atoms with Crippen LogP contribution in [0.15, 0.2) is 29.2 Å². The van der Waals surface area contributed by atoms with Crippen molar-refractivity contribution in [2.24, 2.45) is 5.92 Å². The molecule has 0 saturated heterocycles. The number of hydrogen-bond donors (Lipinski definition) is 2. The Bertz CT molecular complexity index is 1150. The summed E-state index contributed by atoms with van der Waals surface area (Å²) in [7, 11) is 0. The van der Waals surface area contributed by atoms with Gasteiger partial charge in [0.15, 0.2) is 11.5 Å². The van der Waals surface area contributed by atoms with E-state index in [9.17, 15) is 13.6 Å². The van der Waals surface area contributed by atoms with Crippen LogP contribution in [0, 0.1) is 5.92 Å². The van der Waals surface area contributed by atoms with Crippen LogP contribution in [0.2, 0.25) is 0 Å². The maximum Gasteiger partial charge on any atom is 0.295 e.